The molecule has 0 radical (unpaired) electrons. The predicted molar refractivity (Wildman–Crippen MR) is 59.3 cm³/mol. The third kappa shape index (κ3) is 1.88. The molecule has 0 heterocycles. The van der Waals surface area contributed by atoms with Gasteiger partial charge < -0.3 is 11.5 Å². The Morgan fingerprint density at radius 1 is 1.13 bits per heavy atom. The van der Waals surface area contributed by atoms with Crippen LogP contribution in [0.4, 0.5) is 0 Å². The fraction of sp³-hybridized carbons (Fsp3) is 0.417. The monoisotopic (exact) mass is 204 g/mol. The molecule has 0 atom stereocenters. The quantitative estimate of drug-likeness (QED) is 0.766. The number of hydrogen-bond acceptors (Lipinski definition) is 2. The molecule has 0 spiro atoms. The zero-order valence-electron chi connectivity index (χ0n) is 8.70. The van der Waals surface area contributed by atoms with Crippen LogP contribution in [0.3, 0.4) is 0 Å². The van der Waals surface area contributed by atoms with Gasteiger partial charge in [0.25, 0.3) is 0 Å². The minimum Gasteiger partial charge on any atom is -0.366 e. The van der Waals surface area contributed by atoms with Crippen molar-refractivity contribution in [1.29, 1.82) is 0 Å². The molecule has 1 aliphatic rings. The second-order valence-electron chi connectivity index (χ2n) is 4.30. The van der Waals surface area contributed by atoms with Crippen molar-refractivity contribution in [3.63, 3.8) is 0 Å². The highest BCUT2D eigenvalue weighted by atomic mass is 16.1. The molecule has 1 aromatic rings. The van der Waals surface area contributed by atoms with E-state index in [1.54, 1.807) is 12.1 Å². The van der Waals surface area contributed by atoms with Crippen LogP contribution in [-0.2, 0) is 5.54 Å². The van der Waals surface area contributed by atoms with E-state index in [1.807, 2.05) is 12.1 Å². The van der Waals surface area contributed by atoms with Crippen LogP contribution in [0.5, 0.6) is 0 Å². The van der Waals surface area contributed by atoms with Crippen molar-refractivity contribution in [2.75, 3.05) is 0 Å². The van der Waals surface area contributed by atoms with E-state index in [2.05, 4.69) is 0 Å². The summed E-state index contributed by atoms with van der Waals surface area (Å²) in [5, 5.41) is 0. The van der Waals surface area contributed by atoms with Gasteiger partial charge in [0.1, 0.15) is 0 Å². The normalized spacial score (nSPS) is 19.0. The summed E-state index contributed by atoms with van der Waals surface area (Å²) in [5.41, 5.74) is 12.9. The van der Waals surface area contributed by atoms with Crippen LogP contribution in [-0.4, -0.2) is 5.91 Å². The lowest BCUT2D eigenvalue weighted by molar-refractivity contribution is 0.1000. The molecule has 1 aromatic carbocycles. The van der Waals surface area contributed by atoms with E-state index in [0.29, 0.717) is 5.56 Å². The summed E-state index contributed by atoms with van der Waals surface area (Å²) in [4.78, 5) is 10.9. The molecule has 3 nitrogen and oxygen atoms in total. The van der Waals surface area contributed by atoms with Gasteiger partial charge in [-0.3, -0.25) is 4.79 Å². The van der Waals surface area contributed by atoms with Crippen molar-refractivity contribution in [2.45, 2.75) is 31.2 Å². The van der Waals surface area contributed by atoms with Gasteiger partial charge in [-0.25, -0.2) is 0 Å². The van der Waals surface area contributed by atoms with Crippen LogP contribution >= 0.6 is 0 Å². The molecule has 15 heavy (non-hydrogen) atoms. The van der Waals surface area contributed by atoms with Crippen LogP contribution in [0.2, 0.25) is 0 Å². The highest BCUT2D eigenvalue weighted by molar-refractivity contribution is 5.92. The number of amides is 1. The van der Waals surface area contributed by atoms with Gasteiger partial charge in [0.2, 0.25) is 5.91 Å². The number of carbonyl (C=O) groups is 1. The molecule has 0 unspecified atom stereocenters. The third-order valence-electron chi connectivity index (χ3n) is 3.24. The highest BCUT2D eigenvalue weighted by Gasteiger charge is 2.30. The van der Waals surface area contributed by atoms with Crippen molar-refractivity contribution in [2.24, 2.45) is 11.5 Å². The lowest BCUT2D eigenvalue weighted by Crippen LogP contribution is -2.33. The third-order valence-corrected chi connectivity index (χ3v) is 3.24. The first-order valence-corrected chi connectivity index (χ1v) is 5.31. The van der Waals surface area contributed by atoms with Gasteiger partial charge in [0, 0.05) is 11.1 Å². The molecule has 1 fully saturated rings. The molecule has 0 saturated heterocycles. The Morgan fingerprint density at radius 3 is 2.13 bits per heavy atom. The molecule has 3 heteroatoms. The first-order chi connectivity index (χ1) is 7.12. The molecular formula is C12H16N2O. The molecule has 1 saturated carbocycles. The Hall–Kier alpha value is -1.35. The van der Waals surface area contributed by atoms with Crippen LogP contribution in [0.1, 0.15) is 41.6 Å². The average molecular weight is 204 g/mol. The summed E-state index contributed by atoms with van der Waals surface area (Å²) >= 11 is 0. The molecule has 1 amide bonds. The van der Waals surface area contributed by atoms with Gasteiger partial charge in [-0.1, -0.05) is 25.0 Å². The average Bonchev–Trinajstić information content (AvgIpc) is 2.67. The molecule has 2 rings (SSSR count). The minimum absolute atomic E-state index is 0.184. The van der Waals surface area contributed by atoms with E-state index in [9.17, 15) is 4.79 Å². The first-order valence-electron chi connectivity index (χ1n) is 5.31. The first kappa shape index (κ1) is 10.2. The molecule has 4 N–H and O–H groups in total. The van der Waals surface area contributed by atoms with Crippen LogP contribution in [0.15, 0.2) is 24.3 Å². The Morgan fingerprint density at radius 2 is 1.67 bits per heavy atom. The summed E-state index contributed by atoms with van der Waals surface area (Å²) in [7, 11) is 0. The zero-order chi connectivity index (χ0) is 10.9. The predicted octanol–water partition coefficient (Wildman–Crippen LogP) is 1.51. The summed E-state index contributed by atoms with van der Waals surface area (Å²) in [6.45, 7) is 0. The fourth-order valence-electron chi connectivity index (χ4n) is 2.26. The number of hydrogen-bond donors (Lipinski definition) is 2. The summed E-state index contributed by atoms with van der Waals surface area (Å²) in [5.74, 6) is -0.390. The molecule has 0 bridgehead atoms. The number of primary amides is 1. The van der Waals surface area contributed by atoms with Crippen molar-refractivity contribution in [1.82, 2.24) is 0 Å². The minimum atomic E-state index is -0.390. The van der Waals surface area contributed by atoms with Gasteiger partial charge in [0.05, 0.1) is 0 Å². The molecule has 0 aliphatic heterocycles. The van der Waals surface area contributed by atoms with E-state index in [1.165, 1.54) is 12.8 Å². The van der Waals surface area contributed by atoms with E-state index >= 15 is 0 Å². The van der Waals surface area contributed by atoms with Crippen molar-refractivity contribution in [3.8, 4) is 0 Å². The van der Waals surface area contributed by atoms with E-state index < -0.39 is 0 Å². The number of nitrogens with two attached hydrogens (primary N) is 2. The Kier molecular flexibility index (Phi) is 2.49. The number of benzene rings is 1. The highest BCUT2D eigenvalue weighted by Crippen LogP contribution is 2.36. The number of carbonyl (C=O) groups excluding carboxylic acids is 1. The Labute approximate surface area is 89.5 Å². The fourth-order valence-corrected chi connectivity index (χ4v) is 2.26. The maximum absolute atomic E-state index is 10.9. The summed E-state index contributed by atoms with van der Waals surface area (Å²) < 4.78 is 0. The van der Waals surface area contributed by atoms with Gasteiger partial charge >= 0.3 is 0 Å². The zero-order valence-corrected chi connectivity index (χ0v) is 8.70. The van der Waals surface area contributed by atoms with Gasteiger partial charge in [-0.2, -0.15) is 0 Å². The largest absolute Gasteiger partial charge is 0.366 e. The van der Waals surface area contributed by atoms with E-state index in [0.717, 1.165) is 18.4 Å². The maximum atomic E-state index is 10.9. The molecule has 1 aliphatic carbocycles. The lowest BCUT2D eigenvalue weighted by atomic mass is 9.89. The second-order valence-corrected chi connectivity index (χ2v) is 4.30. The smallest absolute Gasteiger partial charge is 0.248 e. The van der Waals surface area contributed by atoms with Gasteiger partial charge in [-0.15, -0.1) is 0 Å². The SMILES string of the molecule is NC(=O)c1ccc(C2(N)CCCC2)cc1. The lowest BCUT2D eigenvalue weighted by Gasteiger charge is -2.24. The van der Waals surface area contributed by atoms with Gasteiger partial charge in [0.15, 0.2) is 0 Å². The van der Waals surface area contributed by atoms with E-state index in [4.69, 9.17) is 11.5 Å². The summed E-state index contributed by atoms with van der Waals surface area (Å²) in [6, 6.07) is 7.35. The van der Waals surface area contributed by atoms with E-state index in [-0.39, 0.29) is 11.4 Å². The maximum Gasteiger partial charge on any atom is 0.248 e. The van der Waals surface area contributed by atoms with Crippen molar-refractivity contribution < 1.29 is 4.79 Å². The topological polar surface area (TPSA) is 69.1 Å². The van der Waals surface area contributed by atoms with Crippen LogP contribution < -0.4 is 11.5 Å². The summed E-state index contributed by atoms with van der Waals surface area (Å²) in [6.07, 6.45) is 4.44. The Bertz CT molecular complexity index is 364. The van der Waals surface area contributed by atoms with Crippen molar-refractivity contribution >= 4 is 5.91 Å². The molecule has 0 aromatic heterocycles. The number of rotatable bonds is 2. The van der Waals surface area contributed by atoms with Crippen molar-refractivity contribution in [3.05, 3.63) is 35.4 Å². The molecular weight excluding hydrogens is 188 g/mol. The second kappa shape index (κ2) is 3.66. The Balaban J connectivity index is 2.26. The molecule has 80 valence electrons. The van der Waals surface area contributed by atoms with Gasteiger partial charge in [-0.05, 0) is 30.5 Å². The van der Waals surface area contributed by atoms with Crippen LogP contribution in [0, 0.1) is 0 Å². The van der Waals surface area contributed by atoms with Crippen LogP contribution in [0.25, 0.3) is 0 Å². The standard InChI is InChI=1S/C12H16N2O/c13-11(15)9-3-5-10(6-4-9)12(14)7-1-2-8-12/h3-6H,1-2,7-8,14H2,(H2,13,15).